The molecule has 0 radical (unpaired) electrons. The number of ether oxygens (including phenoxy) is 1. The van der Waals surface area contributed by atoms with Crippen molar-refractivity contribution in [3.63, 3.8) is 0 Å². The van der Waals surface area contributed by atoms with Crippen molar-refractivity contribution < 1.29 is 9.53 Å². The van der Waals surface area contributed by atoms with Gasteiger partial charge in [0, 0.05) is 16.1 Å². The molecule has 2 aromatic heterocycles. The summed E-state index contributed by atoms with van der Waals surface area (Å²) in [5, 5.41) is 4.75. The predicted molar refractivity (Wildman–Crippen MR) is 138 cm³/mol. The third kappa shape index (κ3) is 4.30. The van der Waals surface area contributed by atoms with Gasteiger partial charge in [-0.15, -0.1) is 0 Å². The van der Waals surface area contributed by atoms with Gasteiger partial charge in [0.15, 0.2) is 10.8 Å². The Labute approximate surface area is 204 Å². The number of anilines is 1. The maximum atomic E-state index is 12.8. The number of carbonyl (C=O) groups excluding carboxylic acids is 1. The van der Waals surface area contributed by atoms with Gasteiger partial charge in [-0.2, -0.15) is 0 Å². The fraction of sp³-hybridized carbons (Fsp3) is 0.0833. The van der Waals surface area contributed by atoms with Crippen molar-refractivity contribution in [3.8, 4) is 5.75 Å². The zero-order valence-electron chi connectivity index (χ0n) is 18.0. The molecule has 1 amide bonds. The minimum Gasteiger partial charge on any atom is -0.497 e. The summed E-state index contributed by atoms with van der Waals surface area (Å²) in [6, 6.07) is 20.4. The highest BCUT2D eigenvalue weighted by molar-refractivity contribution is 7.80. The molecule has 0 fully saturated rings. The van der Waals surface area contributed by atoms with Crippen molar-refractivity contribution in [1.82, 2.24) is 25.4 Å². The highest BCUT2D eigenvalue weighted by Gasteiger charge is 2.16. The Balaban J connectivity index is 1.36. The van der Waals surface area contributed by atoms with Crippen LogP contribution in [-0.2, 0) is 11.3 Å². The number of hydrogen-bond donors (Lipinski definition) is 3. The van der Waals surface area contributed by atoms with E-state index in [0.29, 0.717) is 27.2 Å². The fourth-order valence-electron chi connectivity index (χ4n) is 3.72. The molecule has 0 aliphatic rings. The molecule has 0 bridgehead atoms. The number of amides is 1. The van der Waals surface area contributed by atoms with Gasteiger partial charge in [-0.25, -0.2) is 9.97 Å². The lowest BCUT2D eigenvalue weighted by Gasteiger charge is -2.13. The fourth-order valence-corrected chi connectivity index (χ4v) is 4.05. The lowest BCUT2D eigenvalue weighted by molar-refractivity contribution is -0.122. The molecule has 10 heteroatoms. The number of halogens is 1. The summed E-state index contributed by atoms with van der Waals surface area (Å²) in [6.07, 6.45) is 0. The molecule has 3 N–H and O–H groups in total. The number of para-hydroxylation sites is 1. The van der Waals surface area contributed by atoms with E-state index in [0.717, 1.165) is 22.3 Å². The normalized spacial score (nSPS) is 11.0. The van der Waals surface area contributed by atoms with Crippen molar-refractivity contribution in [2.24, 2.45) is 0 Å². The zero-order chi connectivity index (χ0) is 23.7. The van der Waals surface area contributed by atoms with Crippen LogP contribution in [0.1, 0.15) is 0 Å². The van der Waals surface area contributed by atoms with E-state index >= 15 is 0 Å². The van der Waals surface area contributed by atoms with Crippen molar-refractivity contribution in [1.29, 1.82) is 0 Å². The van der Waals surface area contributed by atoms with Crippen LogP contribution in [-0.4, -0.2) is 32.7 Å². The molecule has 5 aromatic rings. The minimum absolute atomic E-state index is 0.0237. The molecule has 3 aromatic carbocycles. The van der Waals surface area contributed by atoms with Crippen molar-refractivity contribution in [2.45, 2.75) is 6.54 Å². The molecule has 0 aliphatic heterocycles. The molecular formula is C24H19ClN6O2S. The molecule has 0 unspecified atom stereocenters. The maximum absolute atomic E-state index is 12.8. The summed E-state index contributed by atoms with van der Waals surface area (Å²) in [4.78, 5) is 22.3. The van der Waals surface area contributed by atoms with Gasteiger partial charge in [-0.3, -0.25) is 15.6 Å². The molecule has 0 spiro atoms. The van der Waals surface area contributed by atoms with Crippen LogP contribution < -0.4 is 20.9 Å². The maximum Gasteiger partial charge on any atom is 0.258 e. The summed E-state index contributed by atoms with van der Waals surface area (Å²) in [5.74, 6) is 0.447. The molecular weight excluding hydrogens is 472 g/mol. The van der Waals surface area contributed by atoms with E-state index in [1.54, 1.807) is 19.2 Å². The number of carbonyl (C=O) groups is 1. The molecule has 0 saturated heterocycles. The molecule has 34 heavy (non-hydrogen) atoms. The number of rotatable bonds is 4. The number of methoxy groups -OCH3 is 1. The van der Waals surface area contributed by atoms with Gasteiger partial charge in [0.25, 0.3) is 5.91 Å². The largest absolute Gasteiger partial charge is 0.497 e. The number of benzene rings is 3. The first-order chi connectivity index (χ1) is 16.5. The SMILES string of the molecule is COc1ccc(NC(=S)NNC(=O)Cn2c3ccccc3c3nc4cc(Cl)ccc4nc32)cc1. The van der Waals surface area contributed by atoms with Gasteiger partial charge in [0.1, 0.15) is 17.8 Å². The third-order valence-electron chi connectivity index (χ3n) is 5.28. The molecule has 5 rings (SSSR count). The summed E-state index contributed by atoms with van der Waals surface area (Å²) in [7, 11) is 1.60. The second kappa shape index (κ2) is 9.12. The first-order valence-electron chi connectivity index (χ1n) is 10.4. The Morgan fingerprint density at radius 2 is 1.82 bits per heavy atom. The van der Waals surface area contributed by atoms with Crippen LogP contribution in [0.3, 0.4) is 0 Å². The quantitative estimate of drug-likeness (QED) is 0.254. The van der Waals surface area contributed by atoms with Crippen molar-refractivity contribution >= 4 is 73.6 Å². The molecule has 8 nitrogen and oxygen atoms in total. The predicted octanol–water partition coefficient (Wildman–Crippen LogP) is 4.42. The van der Waals surface area contributed by atoms with Gasteiger partial charge in [-0.1, -0.05) is 29.8 Å². The zero-order valence-corrected chi connectivity index (χ0v) is 19.6. The first-order valence-corrected chi connectivity index (χ1v) is 11.1. The van der Waals surface area contributed by atoms with E-state index in [9.17, 15) is 4.79 Å². The number of nitrogens with one attached hydrogen (secondary N) is 3. The Morgan fingerprint density at radius 3 is 2.62 bits per heavy atom. The molecule has 170 valence electrons. The Bertz CT molecular complexity index is 1550. The third-order valence-corrected chi connectivity index (χ3v) is 5.72. The molecule has 0 aliphatic carbocycles. The van der Waals surface area contributed by atoms with Gasteiger partial charge < -0.3 is 14.6 Å². The second-order valence-electron chi connectivity index (χ2n) is 7.49. The van der Waals surface area contributed by atoms with E-state index in [1.165, 1.54) is 0 Å². The summed E-state index contributed by atoms with van der Waals surface area (Å²) in [6.45, 7) is 0.0237. The lowest BCUT2D eigenvalue weighted by atomic mass is 10.2. The van der Waals surface area contributed by atoms with Gasteiger partial charge in [-0.05, 0) is 60.7 Å². The number of hydrogen-bond acceptors (Lipinski definition) is 5. The van der Waals surface area contributed by atoms with Crippen molar-refractivity contribution in [3.05, 3.63) is 71.8 Å². The second-order valence-corrected chi connectivity index (χ2v) is 8.33. The van der Waals surface area contributed by atoms with Crippen molar-refractivity contribution in [2.75, 3.05) is 12.4 Å². The highest BCUT2D eigenvalue weighted by atomic mass is 35.5. The number of hydrazine groups is 1. The minimum atomic E-state index is -0.292. The van der Waals surface area contributed by atoms with Crippen LogP contribution in [0.2, 0.25) is 5.02 Å². The van der Waals surface area contributed by atoms with Gasteiger partial charge >= 0.3 is 0 Å². The van der Waals surface area contributed by atoms with Crippen LogP contribution >= 0.6 is 23.8 Å². The highest BCUT2D eigenvalue weighted by Crippen LogP contribution is 2.28. The molecule has 0 saturated carbocycles. The Morgan fingerprint density at radius 1 is 1.03 bits per heavy atom. The monoisotopic (exact) mass is 490 g/mol. The first kappa shape index (κ1) is 21.9. The van der Waals surface area contributed by atoms with Gasteiger partial charge in [0.2, 0.25) is 0 Å². The lowest BCUT2D eigenvalue weighted by Crippen LogP contribution is -2.45. The van der Waals surface area contributed by atoms with E-state index in [4.69, 9.17) is 38.5 Å². The Hall–Kier alpha value is -3.95. The van der Waals surface area contributed by atoms with E-state index in [2.05, 4.69) is 16.2 Å². The Kier molecular flexibility index (Phi) is 5.87. The topological polar surface area (TPSA) is 93.1 Å². The van der Waals surface area contributed by atoms with Crippen LogP contribution in [0.4, 0.5) is 5.69 Å². The summed E-state index contributed by atoms with van der Waals surface area (Å²) < 4.78 is 6.98. The smallest absolute Gasteiger partial charge is 0.258 e. The standard InChI is InChI=1S/C24H19ClN6O2S/c1-33-16-9-7-15(8-10-16)26-24(34)30-29-21(32)13-31-20-5-3-2-4-17(20)22-23(31)28-18-11-6-14(25)12-19(18)27-22/h2-12H,13H2,1H3,(H,29,32)(H2,26,30,34). The number of aromatic nitrogens is 3. The van der Waals surface area contributed by atoms with E-state index in [1.807, 2.05) is 59.2 Å². The van der Waals surface area contributed by atoms with Crippen LogP contribution in [0, 0.1) is 0 Å². The molecule has 0 atom stereocenters. The summed E-state index contributed by atoms with van der Waals surface area (Å²) in [5.41, 5.74) is 9.70. The number of thiocarbonyl (C=S) groups is 1. The average Bonchev–Trinajstić information content (AvgIpc) is 3.14. The number of nitrogens with zero attached hydrogens (tertiary/aromatic N) is 3. The van der Waals surface area contributed by atoms with Crippen LogP contribution in [0.5, 0.6) is 5.75 Å². The van der Waals surface area contributed by atoms with Crippen LogP contribution in [0.15, 0.2) is 66.7 Å². The van der Waals surface area contributed by atoms with E-state index < -0.39 is 0 Å². The average molecular weight is 491 g/mol. The van der Waals surface area contributed by atoms with Crippen LogP contribution in [0.25, 0.3) is 33.1 Å². The molecule has 2 heterocycles. The summed E-state index contributed by atoms with van der Waals surface area (Å²) >= 11 is 11.4. The number of fused-ring (bicyclic) bond motifs is 4. The van der Waals surface area contributed by atoms with Gasteiger partial charge in [0.05, 0.1) is 23.7 Å². The van der Waals surface area contributed by atoms with E-state index in [-0.39, 0.29) is 17.6 Å².